The van der Waals surface area contributed by atoms with Gasteiger partial charge in [-0.15, -0.1) is 11.3 Å². The number of likely N-dealkylation sites (tertiary alicyclic amines) is 1. The molecule has 3 rings (SSSR count). The minimum Gasteiger partial charge on any atom is -0.337 e. The van der Waals surface area contributed by atoms with Crippen molar-refractivity contribution in [3.63, 3.8) is 0 Å². The summed E-state index contributed by atoms with van der Waals surface area (Å²) >= 11 is 1.35. The third-order valence-electron chi connectivity index (χ3n) is 4.75. The highest BCUT2D eigenvalue weighted by Gasteiger charge is 2.29. The number of aromatic nitrogens is 2. The molecular weight excluding hydrogens is 310 g/mol. The molecule has 1 saturated heterocycles. The lowest BCUT2D eigenvalue weighted by Crippen LogP contribution is -2.42. The molecule has 0 aliphatic carbocycles. The predicted molar refractivity (Wildman–Crippen MR) is 93.2 cm³/mol. The molecule has 3 heterocycles. The normalized spacial score (nSPS) is 21.9. The Balaban J connectivity index is 2.07. The quantitative estimate of drug-likeness (QED) is 0.806. The number of hydrogen-bond donors (Lipinski definition) is 0. The second-order valence-electron chi connectivity index (χ2n) is 6.92. The number of carbonyl (C=O) groups is 1. The molecule has 0 radical (unpaired) electrons. The Morgan fingerprint density at radius 2 is 1.83 bits per heavy atom. The van der Waals surface area contributed by atoms with E-state index in [1.807, 2.05) is 18.7 Å². The van der Waals surface area contributed by atoms with Crippen molar-refractivity contribution in [2.75, 3.05) is 13.1 Å². The predicted octanol–water partition coefficient (Wildman–Crippen LogP) is 2.73. The number of fused-ring (bicyclic) bond motifs is 1. The molecule has 2 aromatic rings. The van der Waals surface area contributed by atoms with Crippen molar-refractivity contribution in [1.82, 2.24) is 14.5 Å². The van der Waals surface area contributed by atoms with Gasteiger partial charge in [-0.25, -0.2) is 4.98 Å². The summed E-state index contributed by atoms with van der Waals surface area (Å²) in [5, 5.41) is 0.588. The Labute approximate surface area is 139 Å². The first kappa shape index (κ1) is 16.2. The highest BCUT2D eigenvalue weighted by atomic mass is 32.1. The molecule has 0 aromatic carbocycles. The lowest BCUT2D eigenvalue weighted by atomic mass is 9.92. The van der Waals surface area contributed by atoms with E-state index in [1.54, 1.807) is 11.6 Å². The Morgan fingerprint density at radius 3 is 2.43 bits per heavy atom. The summed E-state index contributed by atoms with van der Waals surface area (Å²) in [4.78, 5) is 33.2. The Hall–Kier alpha value is -1.69. The van der Waals surface area contributed by atoms with Crippen LogP contribution >= 0.6 is 11.3 Å². The van der Waals surface area contributed by atoms with Gasteiger partial charge in [-0.3, -0.25) is 14.2 Å². The van der Waals surface area contributed by atoms with Gasteiger partial charge in [0.2, 0.25) is 0 Å². The summed E-state index contributed by atoms with van der Waals surface area (Å²) in [6.07, 6.45) is 1.16. The van der Waals surface area contributed by atoms with Gasteiger partial charge < -0.3 is 4.90 Å². The number of piperidine rings is 1. The van der Waals surface area contributed by atoms with Gasteiger partial charge in [-0.2, -0.15) is 0 Å². The molecular formula is C17H23N3O2S. The summed E-state index contributed by atoms with van der Waals surface area (Å²) in [6, 6.07) is 0. The maximum Gasteiger partial charge on any atom is 0.264 e. The Bertz CT molecular complexity index is 826. The summed E-state index contributed by atoms with van der Waals surface area (Å²) in [5.74, 6) is 1.75. The average molecular weight is 333 g/mol. The third-order valence-corrected chi connectivity index (χ3v) is 5.92. The topological polar surface area (TPSA) is 55.2 Å². The summed E-state index contributed by atoms with van der Waals surface area (Å²) in [7, 11) is 1.72. The molecule has 0 N–H and O–H groups in total. The van der Waals surface area contributed by atoms with Crippen LogP contribution in [-0.4, -0.2) is 33.4 Å². The van der Waals surface area contributed by atoms with E-state index in [2.05, 4.69) is 18.8 Å². The van der Waals surface area contributed by atoms with E-state index >= 15 is 0 Å². The van der Waals surface area contributed by atoms with Crippen molar-refractivity contribution in [1.29, 1.82) is 0 Å². The van der Waals surface area contributed by atoms with Crippen LogP contribution in [0.2, 0.25) is 0 Å². The second kappa shape index (κ2) is 5.74. The van der Waals surface area contributed by atoms with Crippen molar-refractivity contribution in [2.45, 2.75) is 34.1 Å². The molecule has 2 atom stereocenters. The molecule has 124 valence electrons. The van der Waals surface area contributed by atoms with Crippen LogP contribution in [0.1, 0.15) is 41.3 Å². The van der Waals surface area contributed by atoms with Crippen LogP contribution < -0.4 is 5.56 Å². The molecule has 0 bridgehead atoms. The number of thiophene rings is 1. The maximum absolute atomic E-state index is 13.0. The van der Waals surface area contributed by atoms with Crippen LogP contribution in [0.15, 0.2) is 4.79 Å². The molecule has 5 nitrogen and oxygen atoms in total. The SMILES string of the molecule is Cc1c(C(=O)N2CC(C)CC(C)C2)sc2nc(C)n(C)c(=O)c12. The fourth-order valence-electron chi connectivity index (χ4n) is 3.54. The smallest absolute Gasteiger partial charge is 0.264 e. The van der Waals surface area contributed by atoms with Crippen LogP contribution in [0.25, 0.3) is 10.2 Å². The molecule has 0 saturated carbocycles. The van der Waals surface area contributed by atoms with Crippen molar-refractivity contribution >= 4 is 27.5 Å². The zero-order valence-electron chi connectivity index (χ0n) is 14.3. The number of rotatable bonds is 1. The molecule has 1 fully saturated rings. The molecule has 0 spiro atoms. The molecule has 23 heavy (non-hydrogen) atoms. The largest absolute Gasteiger partial charge is 0.337 e. The molecule has 6 heteroatoms. The summed E-state index contributed by atoms with van der Waals surface area (Å²) in [5.41, 5.74) is 0.703. The van der Waals surface area contributed by atoms with E-state index < -0.39 is 0 Å². The first-order valence-corrected chi connectivity index (χ1v) is 8.87. The van der Waals surface area contributed by atoms with Gasteiger partial charge in [0.25, 0.3) is 11.5 Å². The fraction of sp³-hybridized carbons (Fsp3) is 0.588. The summed E-state index contributed by atoms with van der Waals surface area (Å²) < 4.78 is 1.54. The van der Waals surface area contributed by atoms with E-state index in [9.17, 15) is 9.59 Å². The standard InChI is InChI=1S/C17H23N3O2S/c1-9-6-10(2)8-20(7-9)17(22)14-11(3)13-15(23-14)18-12(4)19(5)16(13)21/h9-10H,6-8H2,1-5H3. The Kier molecular flexibility index (Phi) is 4.04. The number of carbonyl (C=O) groups excluding carboxylic acids is 1. The number of hydrogen-bond acceptors (Lipinski definition) is 4. The third kappa shape index (κ3) is 2.69. The maximum atomic E-state index is 13.0. The van der Waals surface area contributed by atoms with Crippen LogP contribution in [-0.2, 0) is 7.05 Å². The first-order chi connectivity index (χ1) is 10.8. The van der Waals surface area contributed by atoms with Crippen molar-refractivity contribution in [3.8, 4) is 0 Å². The molecule has 2 aromatic heterocycles. The zero-order valence-corrected chi connectivity index (χ0v) is 15.2. The number of nitrogens with zero attached hydrogens (tertiary/aromatic N) is 3. The van der Waals surface area contributed by atoms with Crippen molar-refractivity contribution in [2.24, 2.45) is 18.9 Å². The van der Waals surface area contributed by atoms with Gasteiger partial charge in [0, 0.05) is 20.1 Å². The zero-order chi connectivity index (χ0) is 16.9. The van der Waals surface area contributed by atoms with E-state index in [-0.39, 0.29) is 11.5 Å². The van der Waals surface area contributed by atoms with Crippen molar-refractivity contribution in [3.05, 3.63) is 26.6 Å². The lowest BCUT2D eigenvalue weighted by Gasteiger charge is -2.34. The van der Waals surface area contributed by atoms with E-state index in [4.69, 9.17) is 0 Å². The van der Waals surface area contributed by atoms with Crippen molar-refractivity contribution < 1.29 is 4.79 Å². The Morgan fingerprint density at radius 1 is 1.22 bits per heavy atom. The molecule has 1 aliphatic heterocycles. The number of amides is 1. The fourth-order valence-corrected chi connectivity index (χ4v) is 4.73. The molecule has 2 unspecified atom stereocenters. The van der Waals surface area contributed by atoms with Gasteiger partial charge in [-0.05, 0) is 37.7 Å². The van der Waals surface area contributed by atoms with Crippen LogP contribution in [0.3, 0.4) is 0 Å². The average Bonchev–Trinajstić information content (AvgIpc) is 2.80. The van der Waals surface area contributed by atoms with Crippen LogP contribution in [0, 0.1) is 25.7 Å². The van der Waals surface area contributed by atoms with Gasteiger partial charge in [0.1, 0.15) is 10.7 Å². The van der Waals surface area contributed by atoms with E-state index in [0.717, 1.165) is 25.1 Å². The lowest BCUT2D eigenvalue weighted by molar-refractivity contribution is 0.0627. The second-order valence-corrected chi connectivity index (χ2v) is 7.91. The molecule has 1 aliphatic rings. The first-order valence-electron chi connectivity index (χ1n) is 8.05. The van der Waals surface area contributed by atoms with Gasteiger partial charge in [0.15, 0.2) is 0 Å². The van der Waals surface area contributed by atoms with Crippen LogP contribution in [0.5, 0.6) is 0 Å². The van der Waals surface area contributed by atoms with E-state index in [0.29, 0.717) is 32.8 Å². The minimum absolute atomic E-state index is 0.0450. The van der Waals surface area contributed by atoms with Gasteiger partial charge >= 0.3 is 0 Å². The van der Waals surface area contributed by atoms with E-state index in [1.165, 1.54) is 11.3 Å². The van der Waals surface area contributed by atoms with Gasteiger partial charge in [-0.1, -0.05) is 13.8 Å². The highest BCUT2D eigenvalue weighted by molar-refractivity contribution is 7.20. The monoisotopic (exact) mass is 333 g/mol. The van der Waals surface area contributed by atoms with Crippen LogP contribution in [0.4, 0.5) is 0 Å². The minimum atomic E-state index is -0.0688. The molecule has 1 amide bonds. The van der Waals surface area contributed by atoms with Gasteiger partial charge in [0.05, 0.1) is 10.3 Å². The summed E-state index contributed by atoms with van der Waals surface area (Å²) in [6.45, 7) is 9.64. The highest BCUT2D eigenvalue weighted by Crippen LogP contribution is 2.30. The number of aryl methyl sites for hydroxylation is 2.